The van der Waals surface area contributed by atoms with E-state index in [0.717, 1.165) is 23.2 Å². The molecule has 1 aromatic carbocycles. The standard InChI is InChI=1S/C23H25ClN6O2/c1-29-9-5-8-19(29)17-7-4-6-16(12-17)14-26-23(31)32-11-3-2-10-30-15-27-21-18(25)13-20(24)28-22(21)30/h4-9,12-13,15H,2-3,10-11,14H2,1H3,(H2,25,28)(H,26,31). The highest BCUT2D eigenvalue weighted by Gasteiger charge is 2.09. The average molecular weight is 453 g/mol. The highest BCUT2D eigenvalue weighted by molar-refractivity contribution is 6.30. The number of aromatic nitrogens is 4. The molecular weight excluding hydrogens is 428 g/mol. The second-order valence-electron chi connectivity index (χ2n) is 7.55. The van der Waals surface area contributed by atoms with E-state index in [1.807, 2.05) is 36.0 Å². The molecule has 0 aliphatic carbocycles. The molecule has 4 rings (SSSR count). The predicted octanol–water partition coefficient (Wildman–Crippen LogP) is 4.38. The highest BCUT2D eigenvalue weighted by Crippen LogP contribution is 2.22. The Kier molecular flexibility index (Phi) is 6.61. The lowest BCUT2D eigenvalue weighted by molar-refractivity contribution is 0.143. The number of nitrogen functional groups attached to an aromatic ring is 1. The SMILES string of the molecule is Cn1cccc1-c1cccc(CNC(=O)OCCCCn2cnc3c(N)cc(Cl)nc32)c1. The Morgan fingerprint density at radius 3 is 2.91 bits per heavy atom. The second kappa shape index (κ2) is 9.74. The molecule has 3 aromatic heterocycles. The Balaban J connectivity index is 1.20. The second-order valence-corrected chi connectivity index (χ2v) is 7.93. The maximum absolute atomic E-state index is 12.0. The molecule has 3 heterocycles. The van der Waals surface area contributed by atoms with Crippen molar-refractivity contribution < 1.29 is 9.53 Å². The Hall–Kier alpha value is -3.52. The third-order valence-corrected chi connectivity index (χ3v) is 5.39. The first-order valence-electron chi connectivity index (χ1n) is 10.4. The Morgan fingerprint density at radius 2 is 2.09 bits per heavy atom. The summed E-state index contributed by atoms with van der Waals surface area (Å²) in [7, 11) is 2.01. The number of halogens is 1. The monoisotopic (exact) mass is 452 g/mol. The minimum Gasteiger partial charge on any atom is -0.450 e. The van der Waals surface area contributed by atoms with Gasteiger partial charge in [-0.05, 0) is 42.2 Å². The summed E-state index contributed by atoms with van der Waals surface area (Å²) in [5.74, 6) is 0. The van der Waals surface area contributed by atoms with E-state index in [1.165, 1.54) is 0 Å². The van der Waals surface area contributed by atoms with Gasteiger partial charge in [-0.15, -0.1) is 0 Å². The Bertz CT molecular complexity index is 1230. The summed E-state index contributed by atoms with van der Waals surface area (Å²) in [6.07, 6.45) is 4.79. The number of nitrogens with two attached hydrogens (primary N) is 1. The summed E-state index contributed by atoms with van der Waals surface area (Å²) in [4.78, 5) is 20.6. The van der Waals surface area contributed by atoms with Gasteiger partial charge >= 0.3 is 6.09 Å². The molecule has 0 saturated carbocycles. The van der Waals surface area contributed by atoms with Crippen molar-refractivity contribution in [2.24, 2.45) is 7.05 Å². The molecular formula is C23H25ClN6O2. The molecule has 3 N–H and O–H groups in total. The van der Waals surface area contributed by atoms with E-state index in [2.05, 4.69) is 38.1 Å². The number of carbonyl (C=O) groups excluding carboxylic acids is 1. The number of pyridine rings is 1. The Labute approximate surface area is 191 Å². The molecule has 0 bridgehead atoms. The van der Waals surface area contributed by atoms with Crippen molar-refractivity contribution in [2.75, 3.05) is 12.3 Å². The van der Waals surface area contributed by atoms with Crippen molar-refractivity contribution in [1.29, 1.82) is 0 Å². The number of fused-ring (bicyclic) bond motifs is 1. The average Bonchev–Trinajstić information content (AvgIpc) is 3.38. The number of anilines is 1. The number of hydrogen-bond acceptors (Lipinski definition) is 5. The summed E-state index contributed by atoms with van der Waals surface area (Å²) in [5, 5.41) is 3.14. The van der Waals surface area contributed by atoms with Crippen LogP contribution in [0.3, 0.4) is 0 Å². The lowest BCUT2D eigenvalue weighted by atomic mass is 10.1. The fraction of sp³-hybridized carbons (Fsp3) is 0.261. The van der Waals surface area contributed by atoms with Crippen molar-refractivity contribution in [3.8, 4) is 11.3 Å². The molecule has 32 heavy (non-hydrogen) atoms. The van der Waals surface area contributed by atoms with Crippen molar-refractivity contribution in [1.82, 2.24) is 24.4 Å². The molecule has 0 fully saturated rings. The molecule has 166 valence electrons. The van der Waals surface area contributed by atoms with Gasteiger partial charge in [0.05, 0.1) is 18.6 Å². The first-order chi connectivity index (χ1) is 15.5. The number of unbranched alkanes of at least 4 members (excludes halogenated alkanes) is 1. The quantitative estimate of drug-likeness (QED) is 0.305. The zero-order valence-electron chi connectivity index (χ0n) is 17.8. The molecule has 0 radical (unpaired) electrons. The summed E-state index contributed by atoms with van der Waals surface area (Å²) in [5.41, 5.74) is 11.0. The first kappa shape index (κ1) is 21.7. The normalized spacial score (nSPS) is 11.1. The van der Waals surface area contributed by atoms with Crippen molar-refractivity contribution >= 4 is 34.5 Å². The molecule has 0 spiro atoms. The third-order valence-electron chi connectivity index (χ3n) is 5.20. The van der Waals surface area contributed by atoms with Gasteiger partial charge in [0, 0.05) is 38.1 Å². The number of nitrogens with zero attached hydrogens (tertiary/aromatic N) is 4. The largest absolute Gasteiger partial charge is 0.450 e. The summed E-state index contributed by atoms with van der Waals surface area (Å²) in [6.45, 7) is 1.42. The van der Waals surface area contributed by atoms with Crippen LogP contribution in [0.25, 0.3) is 22.4 Å². The van der Waals surface area contributed by atoms with Crippen molar-refractivity contribution in [3.63, 3.8) is 0 Å². The van der Waals surface area contributed by atoms with Crippen LogP contribution in [0.4, 0.5) is 10.5 Å². The molecule has 0 aliphatic heterocycles. The van der Waals surface area contributed by atoms with Crippen LogP contribution in [0.2, 0.25) is 5.15 Å². The minimum absolute atomic E-state index is 0.332. The van der Waals surface area contributed by atoms with Gasteiger partial charge in [-0.3, -0.25) is 0 Å². The van der Waals surface area contributed by atoms with Gasteiger partial charge in [-0.25, -0.2) is 14.8 Å². The van der Waals surface area contributed by atoms with Gasteiger partial charge in [0.15, 0.2) is 5.65 Å². The highest BCUT2D eigenvalue weighted by atomic mass is 35.5. The lowest BCUT2D eigenvalue weighted by Crippen LogP contribution is -2.24. The molecule has 0 saturated heterocycles. The van der Waals surface area contributed by atoms with E-state index in [1.54, 1.807) is 12.4 Å². The van der Waals surface area contributed by atoms with Crippen LogP contribution in [0.15, 0.2) is 55.0 Å². The number of hydrogen-bond donors (Lipinski definition) is 2. The number of imidazole rings is 1. The number of rotatable bonds is 8. The maximum atomic E-state index is 12.0. The van der Waals surface area contributed by atoms with E-state index >= 15 is 0 Å². The summed E-state index contributed by atoms with van der Waals surface area (Å²) in [6, 6.07) is 13.7. The fourth-order valence-electron chi connectivity index (χ4n) is 3.57. The first-order valence-corrected chi connectivity index (χ1v) is 10.8. The Morgan fingerprint density at radius 1 is 1.22 bits per heavy atom. The van der Waals surface area contributed by atoms with Gasteiger partial charge in [-0.2, -0.15) is 0 Å². The fourth-order valence-corrected chi connectivity index (χ4v) is 3.76. The molecule has 8 nitrogen and oxygen atoms in total. The predicted molar refractivity (Wildman–Crippen MR) is 125 cm³/mol. The molecule has 1 amide bonds. The van der Waals surface area contributed by atoms with Crippen LogP contribution in [-0.2, 0) is 24.9 Å². The van der Waals surface area contributed by atoms with Crippen LogP contribution in [0.5, 0.6) is 0 Å². The number of carbonyl (C=O) groups is 1. The van der Waals surface area contributed by atoms with Crippen LogP contribution in [-0.4, -0.2) is 31.8 Å². The van der Waals surface area contributed by atoms with Gasteiger partial charge < -0.3 is 24.9 Å². The topological polar surface area (TPSA) is 100.0 Å². The number of alkyl carbamates (subject to hydrolysis) is 1. The van der Waals surface area contributed by atoms with Gasteiger partial charge in [-0.1, -0.05) is 29.8 Å². The van der Waals surface area contributed by atoms with E-state index < -0.39 is 6.09 Å². The van der Waals surface area contributed by atoms with E-state index in [9.17, 15) is 4.79 Å². The number of nitrogens with one attached hydrogen (secondary N) is 1. The summed E-state index contributed by atoms with van der Waals surface area (Å²) < 4.78 is 9.26. The minimum atomic E-state index is -0.427. The van der Waals surface area contributed by atoms with Crippen LogP contribution >= 0.6 is 11.6 Å². The molecule has 9 heteroatoms. The lowest BCUT2D eigenvalue weighted by Gasteiger charge is -2.09. The number of aryl methyl sites for hydroxylation is 2. The summed E-state index contributed by atoms with van der Waals surface area (Å²) >= 11 is 5.99. The van der Waals surface area contributed by atoms with E-state index in [0.29, 0.717) is 48.1 Å². The van der Waals surface area contributed by atoms with Gasteiger partial charge in [0.2, 0.25) is 0 Å². The van der Waals surface area contributed by atoms with Crippen molar-refractivity contribution in [2.45, 2.75) is 25.9 Å². The van der Waals surface area contributed by atoms with E-state index in [4.69, 9.17) is 22.1 Å². The van der Waals surface area contributed by atoms with Crippen molar-refractivity contribution in [3.05, 3.63) is 65.7 Å². The maximum Gasteiger partial charge on any atom is 0.407 e. The zero-order valence-corrected chi connectivity index (χ0v) is 18.5. The van der Waals surface area contributed by atoms with Crippen LogP contribution < -0.4 is 11.1 Å². The number of ether oxygens (including phenoxy) is 1. The van der Waals surface area contributed by atoms with Gasteiger partial charge in [0.1, 0.15) is 10.7 Å². The molecule has 0 unspecified atom stereocenters. The van der Waals surface area contributed by atoms with Crippen LogP contribution in [0, 0.1) is 0 Å². The molecule has 4 aromatic rings. The van der Waals surface area contributed by atoms with Gasteiger partial charge in [0.25, 0.3) is 0 Å². The van der Waals surface area contributed by atoms with E-state index in [-0.39, 0.29) is 0 Å². The number of benzene rings is 1. The third kappa shape index (κ3) is 5.03. The zero-order chi connectivity index (χ0) is 22.5. The smallest absolute Gasteiger partial charge is 0.407 e. The van der Waals surface area contributed by atoms with Crippen LogP contribution in [0.1, 0.15) is 18.4 Å². The number of amides is 1. The molecule has 0 atom stereocenters. The molecule has 0 aliphatic rings.